The highest BCUT2D eigenvalue weighted by Crippen LogP contribution is 2.18. The van der Waals surface area contributed by atoms with Gasteiger partial charge in [0.2, 0.25) is 0 Å². The number of nitrogens with two attached hydrogens (primary N) is 2. The van der Waals surface area contributed by atoms with Crippen molar-refractivity contribution in [3.8, 4) is 0 Å². The molecule has 0 aliphatic carbocycles. The van der Waals surface area contributed by atoms with Gasteiger partial charge in [0.15, 0.2) is 0 Å². The van der Waals surface area contributed by atoms with Crippen LogP contribution in [0.1, 0.15) is 12.5 Å². The fraction of sp³-hybridized carbons (Fsp3) is 0.0909. The maximum Gasteiger partial charge on any atom is 0.123 e. The molecule has 3 heteroatoms. The van der Waals surface area contributed by atoms with Crippen LogP contribution in [0.5, 0.6) is 0 Å². The van der Waals surface area contributed by atoms with E-state index >= 15 is 0 Å². The number of benzene rings is 1. The second-order valence-electron chi connectivity index (χ2n) is 3.07. The van der Waals surface area contributed by atoms with Gasteiger partial charge in [0.25, 0.3) is 0 Å². The van der Waals surface area contributed by atoms with Crippen LogP contribution in [0.15, 0.2) is 42.2 Å². The minimum absolute atomic E-state index is 0.294. The van der Waals surface area contributed by atoms with Gasteiger partial charge in [0, 0.05) is 5.70 Å². The van der Waals surface area contributed by atoms with Gasteiger partial charge in [-0.25, -0.2) is 4.39 Å². The summed E-state index contributed by atoms with van der Waals surface area (Å²) in [5, 5.41) is 0. The first kappa shape index (κ1) is 10.3. The molecule has 0 heterocycles. The molecule has 0 aliphatic heterocycles. The maximum absolute atomic E-state index is 12.9. The molecule has 74 valence electrons. The number of hydrogen-bond donors (Lipinski definition) is 2. The lowest BCUT2D eigenvalue weighted by atomic mass is 10.0. The standard InChI is InChI=1S/C11H13FN2/c1-7(11(14)8(2)13)9-4-3-5-10(12)6-9/h3-6H,2,13-14H2,1H3/b11-7-. The maximum atomic E-state index is 12.9. The summed E-state index contributed by atoms with van der Waals surface area (Å²) in [6.45, 7) is 5.31. The molecule has 1 rings (SSSR count). The quantitative estimate of drug-likeness (QED) is 0.704. The summed E-state index contributed by atoms with van der Waals surface area (Å²) in [6.07, 6.45) is 0. The second kappa shape index (κ2) is 3.96. The molecule has 14 heavy (non-hydrogen) atoms. The van der Waals surface area contributed by atoms with E-state index in [2.05, 4.69) is 6.58 Å². The van der Waals surface area contributed by atoms with Gasteiger partial charge in [-0.3, -0.25) is 0 Å². The highest BCUT2D eigenvalue weighted by Gasteiger charge is 2.03. The van der Waals surface area contributed by atoms with Crippen LogP contribution >= 0.6 is 0 Å². The van der Waals surface area contributed by atoms with E-state index in [1.54, 1.807) is 19.1 Å². The summed E-state index contributed by atoms with van der Waals surface area (Å²) >= 11 is 0. The normalized spacial score (nSPS) is 12.1. The van der Waals surface area contributed by atoms with Crippen molar-refractivity contribution in [3.05, 3.63) is 53.6 Å². The van der Waals surface area contributed by atoms with Gasteiger partial charge in [-0.05, 0) is 30.2 Å². The van der Waals surface area contributed by atoms with Crippen molar-refractivity contribution in [2.24, 2.45) is 11.5 Å². The van der Waals surface area contributed by atoms with Gasteiger partial charge in [-0.2, -0.15) is 0 Å². The smallest absolute Gasteiger partial charge is 0.123 e. The third kappa shape index (κ3) is 2.13. The SMILES string of the molecule is C=C(N)/C(N)=C(\C)c1cccc(F)c1. The zero-order valence-corrected chi connectivity index (χ0v) is 8.05. The molecule has 1 aromatic rings. The van der Waals surface area contributed by atoms with E-state index < -0.39 is 0 Å². The van der Waals surface area contributed by atoms with E-state index in [1.165, 1.54) is 12.1 Å². The largest absolute Gasteiger partial charge is 0.398 e. The lowest BCUT2D eigenvalue weighted by Gasteiger charge is -2.07. The van der Waals surface area contributed by atoms with Crippen LogP contribution in [0.2, 0.25) is 0 Å². The van der Waals surface area contributed by atoms with Crippen molar-refractivity contribution in [3.63, 3.8) is 0 Å². The zero-order chi connectivity index (χ0) is 10.7. The van der Waals surface area contributed by atoms with Crippen LogP contribution in [0.25, 0.3) is 5.57 Å². The third-order valence-electron chi connectivity index (χ3n) is 2.01. The molecule has 0 atom stereocenters. The second-order valence-corrected chi connectivity index (χ2v) is 3.07. The molecule has 0 amide bonds. The lowest BCUT2D eigenvalue weighted by Crippen LogP contribution is -2.09. The molecule has 2 nitrogen and oxygen atoms in total. The molecule has 0 spiro atoms. The predicted octanol–water partition coefficient (Wildman–Crippen LogP) is 1.99. The van der Waals surface area contributed by atoms with Crippen molar-refractivity contribution >= 4 is 5.57 Å². The summed E-state index contributed by atoms with van der Waals surface area (Å²) in [4.78, 5) is 0. The minimum atomic E-state index is -0.294. The number of hydrogen-bond acceptors (Lipinski definition) is 2. The number of allylic oxidation sites excluding steroid dienone is 1. The first-order chi connectivity index (χ1) is 6.52. The van der Waals surface area contributed by atoms with E-state index in [4.69, 9.17) is 11.5 Å². The van der Waals surface area contributed by atoms with Crippen molar-refractivity contribution in [2.45, 2.75) is 6.92 Å². The van der Waals surface area contributed by atoms with Crippen LogP contribution in [0.3, 0.4) is 0 Å². The average molecular weight is 192 g/mol. The molecule has 0 fully saturated rings. The minimum Gasteiger partial charge on any atom is -0.398 e. The van der Waals surface area contributed by atoms with Crippen LogP contribution in [-0.2, 0) is 0 Å². The summed E-state index contributed by atoms with van der Waals surface area (Å²) in [6, 6.07) is 6.18. The Kier molecular flexibility index (Phi) is 2.92. The number of rotatable bonds is 2. The van der Waals surface area contributed by atoms with Gasteiger partial charge in [-0.1, -0.05) is 18.7 Å². The molecule has 0 unspecified atom stereocenters. The van der Waals surface area contributed by atoms with Gasteiger partial charge in [0.05, 0.1) is 5.70 Å². The Hall–Kier alpha value is -1.77. The summed E-state index contributed by atoms with van der Waals surface area (Å²) in [5.41, 5.74) is 13.3. The van der Waals surface area contributed by atoms with Crippen LogP contribution in [-0.4, -0.2) is 0 Å². The Labute approximate surface area is 82.7 Å². The summed E-state index contributed by atoms with van der Waals surface area (Å²) < 4.78 is 12.9. The monoisotopic (exact) mass is 192 g/mol. The molecule has 0 bridgehead atoms. The zero-order valence-electron chi connectivity index (χ0n) is 8.05. The fourth-order valence-electron chi connectivity index (χ4n) is 1.12. The third-order valence-corrected chi connectivity index (χ3v) is 2.01. The average Bonchev–Trinajstić information content (AvgIpc) is 2.15. The van der Waals surface area contributed by atoms with E-state index in [-0.39, 0.29) is 5.82 Å². The molecule has 0 aliphatic rings. The Morgan fingerprint density at radius 3 is 2.50 bits per heavy atom. The highest BCUT2D eigenvalue weighted by atomic mass is 19.1. The van der Waals surface area contributed by atoms with Crippen molar-refractivity contribution in [2.75, 3.05) is 0 Å². The van der Waals surface area contributed by atoms with Gasteiger partial charge in [0.1, 0.15) is 5.82 Å². The summed E-state index contributed by atoms with van der Waals surface area (Å²) in [7, 11) is 0. The van der Waals surface area contributed by atoms with Gasteiger partial charge >= 0.3 is 0 Å². The van der Waals surface area contributed by atoms with Crippen LogP contribution in [0.4, 0.5) is 4.39 Å². The van der Waals surface area contributed by atoms with E-state index in [1.807, 2.05) is 0 Å². The topological polar surface area (TPSA) is 52.0 Å². The van der Waals surface area contributed by atoms with Gasteiger partial charge < -0.3 is 11.5 Å². The van der Waals surface area contributed by atoms with Crippen molar-refractivity contribution < 1.29 is 4.39 Å². The van der Waals surface area contributed by atoms with E-state index in [0.29, 0.717) is 17.0 Å². The molecule has 0 aromatic heterocycles. The first-order valence-electron chi connectivity index (χ1n) is 4.19. The molecule has 4 N–H and O–H groups in total. The predicted molar refractivity (Wildman–Crippen MR) is 56.5 cm³/mol. The number of halogens is 1. The molecular weight excluding hydrogens is 179 g/mol. The van der Waals surface area contributed by atoms with Crippen molar-refractivity contribution in [1.82, 2.24) is 0 Å². The lowest BCUT2D eigenvalue weighted by molar-refractivity contribution is 0.627. The Morgan fingerprint density at radius 1 is 1.36 bits per heavy atom. The van der Waals surface area contributed by atoms with Crippen LogP contribution in [0, 0.1) is 5.82 Å². The Bertz CT molecular complexity index is 394. The highest BCUT2D eigenvalue weighted by molar-refractivity contribution is 5.69. The molecule has 0 saturated carbocycles. The molecule has 0 radical (unpaired) electrons. The first-order valence-corrected chi connectivity index (χ1v) is 4.19. The van der Waals surface area contributed by atoms with Gasteiger partial charge in [-0.15, -0.1) is 0 Å². The molecular formula is C11H13FN2. The Morgan fingerprint density at radius 2 is 2.00 bits per heavy atom. The van der Waals surface area contributed by atoms with E-state index in [0.717, 1.165) is 5.57 Å². The molecule has 1 aromatic carbocycles. The van der Waals surface area contributed by atoms with E-state index in [9.17, 15) is 4.39 Å². The summed E-state index contributed by atoms with van der Waals surface area (Å²) in [5.74, 6) is -0.294. The van der Waals surface area contributed by atoms with Crippen molar-refractivity contribution in [1.29, 1.82) is 0 Å². The fourth-order valence-corrected chi connectivity index (χ4v) is 1.12. The Balaban J connectivity index is 3.18. The van der Waals surface area contributed by atoms with Crippen LogP contribution < -0.4 is 11.5 Å². The molecule has 0 saturated heterocycles.